The van der Waals surface area contributed by atoms with Crippen molar-refractivity contribution in [1.29, 1.82) is 0 Å². The maximum absolute atomic E-state index is 5.32. The first-order valence-corrected chi connectivity index (χ1v) is 5.12. The lowest BCUT2D eigenvalue weighted by molar-refractivity contribution is 0.0527. The molecule has 0 atom stereocenters. The molecule has 1 saturated heterocycles. The smallest absolute Gasteiger partial charge is 0.0642 e. The van der Waals surface area contributed by atoms with Crippen LogP contribution in [0.4, 0.5) is 0 Å². The molecule has 0 aliphatic carbocycles. The second-order valence-corrected chi connectivity index (χ2v) is 3.31. The van der Waals surface area contributed by atoms with Crippen LogP contribution in [0.5, 0.6) is 0 Å². The van der Waals surface area contributed by atoms with Crippen LogP contribution in [-0.2, 0) is 4.74 Å². The van der Waals surface area contributed by atoms with Crippen molar-refractivity contribution in [1.82, 2.24) is 4.90 Å². The van der Waals surface area contributed by atoms with Crippen molar-refractivity contribution >= 4 is 0 Å². The van der Waals surface area contributed by atoms with E-state index in [9.17, 15) is 0 Å². The molecule has 2 nitrogen and oxygen atoms in total. The first kappa shape index (κ1) is 11.1. The molecule has 0 aromatic rings. The minimum Gasteiger partial charge on any atom is -0.378 e. The van der Waals surface area contributed by atoms with E-state index in [1.807, 2.05) is 12.2 Å². The van der Waals surface area contributed by atoms with Gasteiger partial charge in [-0.05, 0) is 6.42 Å². The maximum atomic E-state index is 5.32. The molecule has 0 saturated carbocycles. The number of ether oxygens (including phenoxy) is 1. The van der Waals surface area contributed by atoms with Gasteiger partial charge in [-0.3, -0.25) is 0 Å². The molecule has 14 heavy (non-hydrogen) atoms. The normalized spacial score (nSPS) is 18.0. The molecule has 2 heteroatoms. The van der Waals surface area contributed by atoms with Gasteiger partial charge in [0.25, 0.3) is 0 Å². The largest absolute Gasteiger partial charge is 0.378 e. The van der Waals surface area contributed by atoms with Gasteiger partial charge in [0.15, 0.2) is 0 Å². The molecule has 0 N–H and O–H groups in total. The fourth-order valence-corrected chi connectivity index (χ4v) is 1.56. The molecule has 1 aliphatic heterocycles. The summed E-state index contributed by atoms with van der Waals surface area (Å²) >= 11 is 0. The van der Waals surface area contributed by atoms with Crippen molar-refractivity contribution in [3.8, 4) is 0 Å². The second-order valence-electron chi connectivity index (χ2n) is 3.31. The summed E-state index contributed by atoms with van der Waals surface area (Å²) in [6.07, 6.45) is 7.96. The Morgan fingerprint density at radius 1 is 1.21 bits per heavy atom. The van der Waals surface area contributed by atoms with Gasteiger partial charge in [0.1, 0.15) is 0 Å². The van der Waals surface area contributed by atoms with Crippen LogP contribution in [-0.4, -0.2) is 31.2 Å². The lowest BCUT2D eigenvalue weighted by Gasteiger charge is -2.30. The first-order valence-electron chi connectivity index (χ1n) is 5.12. The molecule has 1 heterocycles. The fourth-order valence-electron chi connectivity index (χ4n) is 1.56. The SMILES string of the molecule is C=CC/C=C(\CC=C)N1CCOCC1. The van der Waals surface area contributed by atoms with Crippen LogP contribution < -0.4 is 0 Å². The van der Waals surface area contributed by atoms with Gasteiger partial charge in [-0.15, -0.1) is 13.2 Å². The molecule has 0 amide bonds. The molecule has 1 aliphatic rings. The summed E-state index contributed by atoms with van der Waals surface area (Å²) in [6.45, 7) is 11.2. The first-order chi connectivity index (χ1) is 6.88. The predicted molar refractivity (Wildman–Crippen MR) is 60.1 cm³/mol. The van der Waals surface area contributed by atoms with Gasteiger partial charge in [-0.1, -0.05) is 18.2 Å². The lowest BCUT2D eigenvalue weighted by atomic mass is 10.2. The number of hydrogen-bond acceptors (Lipinski definition) is 2. The van der Waals surface area contributed by atoms with Gasteiger partial charge >= 0.3 is 0 Å². The summed E-state index contributed by atoms with van der Waals surface area (Å²) in [6, 6.07) is 0. The molecule has 0 radical (unpaired) electrons. The number of morpholine rings is 1. The number of rotatable bonds is 5. The van der Waals surface area contributed by atoms with Crippen molar-refractivity contribution in [2.75, 3.05) is 26.3 Å². The Bertz CT molecular complexity index is 214. The van der Waals surface area contributed by atoms with Crippen molar-refractivity contribution in [2.45, 2.75) is 12.8 Å². The Kier molecular flexibility index (Phi) is 5.08. The summed E-state index contributed by atoms with van der Waals surface area (Å²) in [5, 5.41) is 0. The number of allylic oxidation sites excluding steroid dienone is 3. The van der Waals surface area contributed by atoms with Gasteiger partial charge in [-0.2, -0.15) is 0 Å². The molecule has 0 unspecified atom stereocenters. The lowest BCUT2D eigenvalue weighted by Crippen LogP contribution is -2.35. The summed E-state index contributed by atoms with van der Waals surface area (Å²) in [4.78, 5) is 2.37. The van der Waals surface area contributed by atoms with E-state index in [2.05, 4.69) is 24.1 Å². The molecule has 0 aromatic heterocycles. The van der Waals surface area contributed by atoms with E-state index in [-0.39, 0.29) is 0 Å². The fraction of sp³-hybridized carbons (Fsp3) is 0.500. The third kappa shape index (κ3) is 3.38. The molecule has 0 bridgehead atoms. The van der Waals surface area contributed by atoms with E-state index >= 15 is 0 Å². The monoisotopic (exact) mass is 193 g/mol. The summed E-state index contributed by atoms with van der Waals surface area (Å²) in [5.41, 5.74) is 1.35. The second kappa shape index (κ2) is 6.44. The average Bonchev–Trinajstić information content (AvgIpc) is 2.25. The van der Waals surface area contributed by atoms with E-state index in [0.717, 1.165) is 39.1 Å². The molecular formula is C12H19NO. The van der Waals surface area contributed by atoms with E-state index in [1.165, 1.54) is 5.70 Å². The minimum absolute atomic E-state index is 0.836. The highest BCUT2D eigenvalue weighted by molar-refractivity contribution is 5.07. The number of nitrogens with zero attached hydrogens (tertiary/aromatic N) is 1. The van der Waals surface area contributed by atoms with Crippen molar-refractivity contribution in [2.24, 2.45) is 0 Å². The van der Waals surface area contributed by atoms with Crippen LogP contribution in [0.1, 0.15) is 12.8 Å². The highest BCUT2D eigenvalue weighted by Crippen LogP contribution is 2.12. The Balaban J connectivity index is 2.54. The van der Waals surface area contributed by atoms with E-state index < -0.39 is 0 Å². The summed E-state index contributed by atoms with van der Waals surface area (Å²) < 4.78 is 5.32. The van der Waals surface area contributed by atoms with Gasteiger partial charge < -0.3 is 9.64 Å². The minimum atomic E-state index is 0.836. The third-order valence-corrected chi connectivity index (χ3v) is 2.29. The summed E-state index contributed by atoms with van der Waals surface area (Å²) in [5.74, 6) is 0. The van der Waals surface area contributed by atoms with E-state index in [4.69, 9.17) is 4.74 Å². The van der Waals surface area contributed by atoms with Crippen LogP contribution in [0.2, 0.25) is 0 Å². The van der Waals surface area contributed by atoms with Gasteiger partial charge in [0, 0.05) is 25.2 Å². The Morgan fingerprint density at radius 3 is 2.50 bits per heavy atom. The predicted octanol–water partition coefficient (Wildman–Crippen LogP) is 2.35. The van der Waals surface area contributed by atoms with Crippen LogP contribution in [0.25, 0.3) is 0 Å². The van der Waals surface area contributed by atoms with Crippen molar-refractivity contribution in [3.63, 3.8) is 0 Å². The van der Waals surface area contributed by atoms with Crippen molar-refractivity contribution in [3.05, 3.63) is 37.1 Å². The Labute approximate surface area is 86.6 Å². The molecule has 1 rings (SSSR count). The van der Waals surface area contributed by atoms with Crippen molar-refractivity contribution < 1.29 is 4.74 Å². The zero-order valence-electron chi connectivity index (χ0n) is 8.74. The molecule has 0 spiro atoms. The number of hydrogen-bond donors (Lipinski definition) is 0. The van der Waals surface area contributed by atoms with Crippen LogP contribution in [0.3, 0.4) is 0 Å². The van der Waals surface area contributed by atoms with Gasteiger partial charge in [0.2, 0.25) is 0 Å². The zero-order chi connectivity index (χ0) is 10.2. The van der Waals surface area contributed by atoms with E-state index in [1.54, 1.807) is 0 Å². The average molecular weight is 193 g/mol. The molecule has 78 valence electrons. The maximum Gasteiger partial charge on any atom is 0.0642 e. The molecule has 0 aromatic carbocycles. The Morgan fingerprint density at radius 2 is 1.93 bits per heavy atom. The molecular weight excluding hydrogens is 174 g/mol. The van der Waals surface area contributed by atoms with E-state index in [0.29, 0.717) is 0 Å². The standard InChI is InChI=1S/C12H19NO/c1-3-5-7-12(6-4-2)13-8-10-14-11-9-13/h3-4,7H,1-2,5-6,8-11H2/b12-7+. The topological polar surface area (TPSA) is 12.5 Å². The van der Waals surface area contributed by atoms with Crippen LogP contribution in [0.15, 0.2) is 37.1 Å². The molecule has 1 fully saturated rings. The third-order valence-electron chi connectivity index (χ3n) is 2.29. The van der Waals surface area contributed by atoms with Gasteiger partial charge in [0.05, 0.1) is 13.2 Å². The Hall–Kier alpha value is -1.02. The van der Waals surface area contributed by atoms with Gasteiger partial charge in [-0.25, -0.2) is 0 Å². The van der Waals surface area contributed by atoms with Crippen LogP contribution >= 0.6 is 0 Å². The highest BCUT2D eigenvalue weighted by atomic mass is 16.5. The summed E-state index contributed by atoms with van der Waals surface area (Å²) in [7, 11) is 0. The van der Waals surface area contributed by atoms with Crippen LogP contribution in [0, 0.1) is 0 Å². The zero-order valence-corrected chi connectivity index (χ0v) is 8.74. The highest BCUT2D eigenvalue weighted by Gasteiger charge is 2.11. The quantitative estimate of drug-likeness (QED) is 0.621.